The molecule has 3 N–H and O–H groups in total. The SMILES string of the molecule is Cc1c(C(=O)O)sc2ncn(C(C)C(=O)Nc3ccc(O)cc3)c(=O)c12. The van der Waals surface area contributed by atoms with Crippen molar-refractivity contribution in [3.63, 3.8) is 0 Å². The van der Waals surface area contributed by atoms with E-state index in [1.165, 1.54) is 35.2 Å². The van der Waals surface area contributed by atoms with Gasteiger partial charge in [0.15, 0.2) is 0 Å². The normalized spacial score (nSPS) is 12.1. The second-order valence-corrected chi connectivity index (χ2v) is 6.71. The van der Waals surface area contributed by atoms with Crippen LogP contribution in [0.2, 0.25) is 0 Å². The molecule has 0 aliphatic heterocycles. The lowest BCUT2D eigenvalue weighted by molar-refractivity contribution is -0.118. The van der Waals surface area contributed by atoms with Crippen LogP contribution in [-0.4, -0.2) is 31.6 Å². The summed E-state index contributed by atoms with van der Waals surface area (Å²) < 4.78 is 1.17. The predicted molar refractivity (Wildman–Crippen MR) is 97.0 cm³/mol. The van der Waals surface area contributed by atoms with Crippen LogP contribution in [0.1, 0.15) is 28.2 Å². The smallest absolute Gasteiger partial charge is 0.346 e. The van der Waals surface area contributed by atoms with Gasteiger partial charge < -0.3 is 15.5 Å². The number of rotatable bonds is 4. The summed E-state index contributed by atoms with van der Waals surface area (Å²) in [6.07, 6.45) is 1.24. The monoisotopic (exact) mass is 373 g/mol. The van der Waals surface area contributed by atoms with Crippen molar-refractivity contribution in [1.82, 2.24) is 9.55 Å². The lowest BCUT2D eigenvalue weighted by Gasteiger charge is -2.15. The number of amides is 1. The number of carboxylic acids is 1. The van der Waals surface area contributed by atoms with E-state index in [4.69, 9.17) is 0 Å². The summed E-state index contributed by atoms with van der Waals surface area (Å²) in [5, 5.41) is 21.3. The average Bonchev–Trinajstić information content (AvgIpc) is 2.94. The number of carboxylic acid groups (broad SMARTS) is 1. The van der Waals surface area contributed by atoms with Crippen LogP contribution < -0.4 is 10.9 Å². The third-order valence-corrected chi connectivity index (χ3v) is 5.19. The molecule has 3 rings (SSSR count). The minimum absolute atomic E-state index is 0.0588. The highest BCUT2D eigenvalue weighted by molar-refractivity contribution is 7.20. The molecule has 0 saturated heterocycles. The van der Waals surface area contributed by atoms with E-state index in [1.807, 2.05) is 0 Å². The summed E-state index contributed by atoms with van der Waals surface area (Å²) in [6.45, 7) is 3.10. The summed E-state index contributed by atoms with van der Waals surface area (Å²) in [4.78, 5) is 41.0. The van der Waals surface area contributed by atoms with Crippen LogP contribution in [0, 0.1) is 6.92 Å². The first kappa shape index (κ1) is 17.6. The largest absolute Gasteiger partial charge is 0.508 e. The van der Waals surface area contributed by atoms with Crippen molar-refractivity contribution in [2.45, 2.75) is 19.9 Å². The van der Waals surface area contributed by atoms with Crippen LogP contribution in [-0.2, 0) is 4.79 Å². The Morgan fingerprint density at radius 1 is 1.27 bits per heavy atom. The van der Waals surface area contributed by atoms with Gasteiger partial charge in [-0.1, -0.05) is 0 Å². The lowest BCUT2D eigenvalue weighted by atomic mass is 10.2. The molecule has 0 aliphatic rings. The number of carbonyl (C=O) groups is 2. The number of nitrogens with zero attached hydrogens (tertiary/aromatic N) is 2. The molecule has 0 saturated carbocycles. The van der Waals surface area contributed by atoms with E-state index in [-0.39, 0.29) is 16.0 Å². The number of phenols is 1. The molecule has 2 heterocycles. The van der Waals surface area contributed by atoms with Gasteiger partial charge in [0.2, 0.25) is 5.91 Å². The van der Waals surface area contributed by atoms with Crippen molar-refractivity contribution in [2.75, 3.05) is 5.32 Å². The summed E-state index contributed by atoms with van der Waals surface area (Å²) in [7, 11) is 0. The van der Waals surface area contributed by atoms with Gasteiger partial charge in [-0.25, -0.2) is 9.78 Å². The maximum atomic E-state index is 12.8. The first-order valence-corrected chi connectivity index (χ1v) is 8.44. The predicted octanol–water partition coefficient (Wildman–Crippen LogP) is 2.37. The van der Waals surface area contributed by atoms with Gasteiger partial charge in [-0.2, -0.15) is 0 Å². The Morgan fingerprint density at radius 3 is 2.54 bits per heavy atom. The molecule has 0 aliphatic carbocycles. The Bertz CT molecular complexity index is 1070. The van der Waals surface area contributed by atoms with Gasteiger partial charge in [-0.15, -0.1) is 11.3 Å². The molecule has 0 fully saturated rings. The quantitative estimate of drug-likeness (QED) is 0.604. The lowest BCUT2D eigenvalue weighted by Crippen LogP contribution is -2.31. The number of carbonyl (C=O) groups excluding carboxylic acids is 1. The van der Waals surface area contributed by atoms with Crippen molar-refractivity contribution in [1.29, 1.82) is 0 Å². The topological polar surface area (TPSA) is 122 Å². The number of anilines is 1. The number of aryl methyl sites for hydroxylation is 1. The van der Waals surface area contributed by atoms with Crippen molar-refractivity contribution < 1.29 is 19.8 Å². The van der Waals surface area contributed by atoms with Crippen LogP contribution in [0.3, 0.4) is 0 Å². The van der Waals surface area contributed by atoms with Crippen molar-refractivity contribution in [3.05, 3.63) is 51.4 Å². The van der Waals surface area contributed by atoms with E-state index >= 15 is 0 Å². The molecule has 0 bridgehead atoms. The molecule has 8 nitrogen and oxygen atoms in total. The Labute approximate surface area is 151 Å². The van der Waals surface area contributed by atoms with E-state index in [9.17, 15) is 24.6 Å². The first-order valence-electron chi connectivity index (χ1n) is 7.63. The standard InChI is InChI=1S/C17H15N3O5S/c1-8-12-15(26-13(8)17(24)25)18-7-20(16(12)23)9(2)14(22)19-10-3-5-11(21)6-4-10/h3-7,9,21H,1-2H3,(H,19,22)(H,24,25). The molecule has 2 aromatic heterocycles. The summed E-state index contributed by atoms with van der Waals surface area (Å²) in [5.41, 5.74) is 0.349. The number of fused-ring (bicyclic) bond motifs is 1. The van der Waals surface area contributed by atoms with Gasteiger partial charge in [-0.3, -0.25) is 14.2 Å². The zero-order chi connectivity index (χ0) is 19.0. The minimum atomic E-state index is -1.12. The fourth-order valence-electron chi connectivity index (χ4n) is 2.53. The minimum Gasteiger partial charge on any atom is -0.508 e. The number of benzene rings is 1. The van der Waals surface area contributed by atoms with Gasteiger partial charge in [0.1, 0.15) is 21.5 Å². The number of thiophene rings is 1. The molecule has 1 unspecified atom stereocenters. The highest BCUT2D eigenvalue weighted by Gasteiger charge is 2.22. The molecule has 0 spiro atoms. The second-order valence-electron chi connectivity index (χ2n) is 5.71. The van der Waals surface area contributed by atoms with Crippen LogP contribution in [0.5, 0.6) is 5.75 Å². The van der Waals surface area contributed by atoms with Crippen molar-refractivity contribution >= 4 is 39.1 Å². The highest BCUT2D eigenvalue weighted by atomic mass is 32.1. The summed E-state index contributed by atoms with van der Waals surface area (Å²) in [5.74, 6) is -1.48. The molecule has 9 heteroatoms. The number of nitrogens with one attached hydrogen (secondary N) is 1. The third-order valence-electron chi connectivity index (χ3n) is 4.00. The Kier molecular flexibility index (Phi) is 4.47. The Balaban J connectivity index is 1.96. The third kappa shape index (κ3) is 3.04. The van der Waals surface area contributed by atoms with E-state index in [1.54, 1.807) is 13.8 Å². The molecule has 26 heavy (non-hydrogen) atoms. The second kappa shape index (κ2) is 6.60. The van der Waals surface area contributed by atoms with Crippen LogP contribution in [0.4, 0.5) is 5.69 Å². The number of hydrogen-bond donors (Lipinski definition) is 3. The maximum absolute atomic E-state index is 12.8. The van der Waals surface area contributed by atoms with Gasteiger partial charge in [0, 0.05) is 5.69 Å². The van der Waals surface area contributed by atoms with Crippen molar-refractivity contribution in [2.24, 2.45) is 0 Å². The van der Waals surface area contributed by atoms with E-state index in [0.29, 0.717) is 16.1 Å². The molecule has 1 aromatic carbocycles. The molecule has 1 atom stereocenters. The Hall–Kier alpha value is -3.20. The van der Waals surface area contributed by atoms with Crippen molar-refractivity contribution in [3.8, 4) is 5.75 Å². The van der Waals surface area contributed by atoms with E-state index in [0.717, 1.165) is 11.3 Å². The van der Waals surface area contributed by atoms with Crippen LogP contribution in [0.15, 0.2) is 35.4 Å². The van der Waals surface area contributed by atoms with E-state index in [2.05, 4.69) is 10.3 Å². The molecular formula is C17H15N3O5S. The Morgan fingerprint density at radius 2 is 1.92 bits per heavy atom. The maximum Gasteiger partial charge on any atom is 0.346 e. The van der Waals surface area contributed by atoms with E-state index < -0.39 is 23.5 Å². The summed E-state index contributed by atoms with van der Waals surface area (Å²) in [6, 6.07) is 5.07. The number of aromatic hydroxyl groups is 1. The molecule has 134 valence electrons. The van der Waals surface area contributed by atoms with Crippen LogP contribution >= 0.6 is 11.3 Å². The van der Waals surface area contributed by atoms with Gasteiger partial charge in [0.05, 0.1) is 11.7 Å². The number of hydrogen-bond acceptors (Lipinski definition) is 6. The zero-order valence-corrected chi connectivity index (χ0v) is 14.7. The average molecular weight is 373 g/mol. The molecule has 0 radical (unpaired) electrons. The highest BCUT2D eigenvalue weighted by Crippen LogP contribution is 2.27. The van der Waals surface area contributed by atoms with Gasteiger partial charge in [0.25, 0.3) is 5.56 Å². The molecule has 3 aromatic rings. The molecule has 1 amide bonds. The van der Waals surface area contributed by atoms with Gasteiger partial charge in [-0.05, 0) is 43.7 Å². The number of aromatic carboxylic acids is 1. The number of aromatic nitrogens is 2. The van der Waals surface area contributed by atoms with Crippen LogP contribution in [0.25, 0.3) is 10.2 Å². The zero-order valence-electron chi connectivity index (χ0n) is 13.9. The summed E-state index contributed by atoms with van der Waals surface area (Å²) >= 11 is 0.931. The van der Waals surface area contributed by atoms with Gasteiger partial charge >= 0.3 is 5.97 Å². The molecular weight excluding hydrogens is 358 g/mol. The first-order chi connectivity index (χ1) is 12.3. The number of phenolic OH excluding ortho intramolecular Hbond substituents is 1. The fraction of sp³-hybridized carbons (Fsp3) is 0.176. The fourth-order valence-corrected chi connectivity index (χ4v) is 3.51.